The molecule has 5 nitrogen and oxygen atoms in total. The summed E-state index contributed by atoms with van der Waals surface area (Å²) in [5.74, 6) is 2.24. The summed E-state index contributed by atoms with van der Waals surface area (Å²) in [6.45, 7) is 2.08. The van der Waals surface area contributed by atoms with Gasteiger partial charge in [0.25, 0.3) is 0 Å². The Balaban J connectivity index is 0.00000182. The van der Waals surface area contributed by atoms with E-state index in [1.54, 1.807) is 23.5 Å². The summed E-state index contributed by atoms with van der Waals surface area (Å²) in [5.41, 5.74) is 4.26. The lowest BCUT2D eigenvalue weighted by atomic mass is 10.1. The van der Waals surface area contributed by atoms with Crippen molar-refractivity contribution in [2.45, 2.75) is 12.1 Å². The van der Waals surface area contributed by atoms with Gasteiger partial charge in [0.15, 0.2) is 5.82 Å². The Hall–Kier alpha value is -2.12. The van der Waals surface area contributed by atoms with Crippen LogP contribution in [0.1, 0.15) is 11.1 Å². The Labute approximate surface area is 160 Å². The average molecular weight is 417 g/mol. The minimum Gasteiger partial charge on any atom is -0.496 e. The largest absolute Gasteiger partial charge is 0.496 e. The molecule has 4 rings (SSSR count). The first-order chi connectivity index (χ1) is 11.8. The van der Waals surface area contributed by atoms with E-state index in [0.717, 1.165) is 33.5 Å². The molecule has 0 saturated carbocycles. The van der Waals surface area contributed by atoms with Gasteiger partial charge in [0.2, 0.25) is 5.16 Å². The van der Waals surface area contributed by atoms with Crippen LogP contribution in [0.4, 0.5) is 0 Å². The van der Waals surface area contributed by atoms with E-state index in [9.17, 15) is 0 Å². The van der Waals surface area contributed by atoms with Crippen LogP contribution in [-0.2, 0) is 0 Å². The maximum Gasteiger partial charge on any atom is 0.212 e. The van der Waals surface area contributed by atoms with E-state index in [0.29, 0.717) is 5.82 Å². The van der Waals surface area contributed by atoms with Crippen molar-refractivity contribution >= 4 is 34.5 Å². The maximum atomic E-state index is 5.45. The molecular weight excluding hydrogens is 400 g/mol. The first-order valence-electron chi connectivity index (χ1n) is 7.63. The summed E-state index contributed by atoms with van der Waals surface area (Å²) in [5, 5.41) is 14.2. The molecule has 0 saturated heterocycles. The number of thioether (sulfide) groups is 1. The highest BCUT2D eigenvalue weighted by Crippen LogP contribution is 2.32. The lowest BCUT2D eigenvalue weighted by molar-refractivity contribution is 0.416. The van der Waals surface area contributed by atoms with Crippen LogP contribution in [0, 0.1) is 6.92 Å². The van der Waals surface area contributed by atoms with E-state index < -0.39 is 0 Å². The number of rotatable bonds is 3. The van der Waals surface area contributed by atoms with Crippen molar-refractivity contribution < 1.29 is 4.74 Å². The normalized spacial score (nSPS) is 12.8. The van der Waals surface area contributed by atoms with Crippen LogP contribution in [0.5, 0.6) is 5.75 Å². The van der Waals surface area contributed by atoms with Gasteiger partial charge < -0.3 is 4.74 Å². The molecule has 0 bridgehead atoms. The van der Waals surface area contributed by atoms with Gasteiger partial charge in [-0.1, -0.05) is 53.7 Å². The van der Waals surface area contributed by atoms with Crippen molar-refractivity contribution in [2.24, 2.45) is 5.10 Å². The number of aryl methyl sites for hydroxylation is 1. The lowest BCUT2D eigenvalue weighted by Crippen LogP contribution is -2.13. The van der Waals surface area contributed by atoms with Crippen LogP contribution in [-0.4, -0.2) is 33.4 Å². The molecule has 0 atom stereocenters. The molecule has 128 valence electrons. The zero-order valence-electron chi connectivity index (χ0n) is 13.8. The summed E-state index contributed by atoms with van der Waals surface area (Å²) in [4.78, 5) is 0. The highest BCUT2D eigenvalue weighted by atomic mass is 79.9. The van der Waals surface area contributed by atoms with Gasteiger partial charge in [0.1, 0.15) is 5.75 Å². The van der Waals surface area contributed by atoms with E-state index in [2.05, 4.69) is 41.4 Å². The smallest absolute Gasteiger partial charge is 0.212 e. The Morgan fingerprint density at radius 1 is 1.04 bits per heavy atom. The second-order valence-corrected chi connectivity index (χ2v) is 6.46. The topological polar surface area (TPSA) is 52.3 Å². The average Bonchev–Trinajstić information content (AvgIpc) is 3.05. The number of nitrogens with zero attached hydrogens (tertiary/aromatic N) is 4. The molecule has 0 spiro atoms. The fraction of sp³-hybridized carbons (Fsp3) is 0.167. The molecule has 1 aliphatic heterocycles. The molecule has 0 amide bonds. The zero-order valence-corrected chi connectivity index (χ0v) is 16.4. The quantitative estimate of drug-likeness (QED) is 0.641. The minimum absolute atomic E-state index is 0. The van der Waals surface area contributed by atoms with E-state index in [1.165, 1.54) is 5.56 Å². The van der Waals surface area contributed by atoms with Crippen molar-refractivity contribution in [3.8, 4) is 17.1 Å². The number of hydrogen-bond acceptors (Lipinski definition) is 5. The van der Waals surface area contributed by atoms with E-state index in [-0.39, 0.29) is 17.0 Å². The molecule has 1 aromatic heterocycles. The minimum atomic E-state index is 0. The first-order valence-corrected chi connectivity index (χ1v) is 8.61. The monoisotopic (exact) mass is 416 g/mol. The van der Waals surface area contributed by atoms with Crippen LogP contribution in [0.2, 0.25) is 0 Å². The first kappa shape index (κ1) is 17.7. The Morgan fingerprint density at radius 2 is 1.80 bits per heavy atom. The van der Waals surface area contributed by atoms with Crippen molar-refractivity contribution in [2.75, 3.05) is 12.9 Å². The molecule has 0 radical (unpaired) electrons. The standard InChI is InChI=1S/C18H16N4OS.BrH/c1-12-7-9-13(10-8-12)15-11-24-18-20-19-17(22(18)21-15)14-5-3-4-6-16(14)23-2;/h3-10H,11H2,1-2H3;1H. The molecule has 0 aliphatic carbocycles. The number of para-hydroxylation sites is 1. The molecule has 0 N–H and O–H groups in total. The second kappa shape index (κ2) is 7.41. The summed E-state index contributed by atoms with van der Waals surface area (Å²) in [6.07, 6.45) is 0. The number of fused-ring (bicyclic) bond motifs is 1. The maximum absolute atomic E-state index is 5.45. The van der Waals surface area contributed by atoms with Gasteiger partial charge in [-0.05, 0) is 24.6 Å². The molecule has 0 fully saturated rings. The third kappa shape index (κ3) is 3.34. The van der Waals surface area contributed by atoms with E-state index in [4.69, 9.17) is 9.84 Å². The molecule has 2 heterocycles. The number of hydrogen-bond donors (Lipinski definition) is 0. The fourth-order valence-electron chi connectivity index (χ4n) is 2.61. The molecule has 1 aliphatic rings. The third-order valence-electron chi connectivity index (χ3n) is 3.90. The highest BCUT2D eigenvalue weighted by Gasteiger charge is 2.22. The number of halogens is 1. The number of aromatic nitrogens is 3. The summed E-state index contributed by atoms with van der Waals surface area (Å²) in [6, 6.07) is 16.2. The molecule has 0 unspecified atom stereocenters. The van der Waals surface area contributed by atoms with Gasteiger partial charge in [-0.25, -0.2) is 0 Å². The summed E-state index contributed by atoms with van der Waals surface area (Å²) < 4.78 is 7.26. The fourth-order valence-corrected chi connectivity index (χ4v) is 3.45. The Kier molecular flexibility index (Phi) is 5.24. The third-order valence-corrected chi connectivity index (χ3v) is 4.83. The van der Waals surface area contributed by atoms with E-state index >= 15 is 0 Å². The van der Waals surface area contributed by atoms with Gasteiger partial charge in [-0.2, -0.15) is 9.78 Å². The van der Waals surface area contributed by atoms with Crippen LogP contribution in [0.25, 0.3) is 11.4 Å². The van der Waals surface area contributed by atoms with Crippen molar-refractivity contribution in [3.05, 3.63) is 59.7 Å². The van der Waals surface area contributed by atoms with Gasteiger partial charge >= 0.3 is 0 Å². The van der Waals surface area contributed by atoms with Gasteiger partial charge in [0, 0.05) is 5.75 Å². The molecule has 2 aromatic carbocycles. The van der Waals surface area contributed by atoms with E-state index in [1.807, 2.05) is 24.3 Å². The highest BCUT2D eigenvalue weighted by molar-refractivity contribution is 8.93. The van der Waals surface area contributed by atoms with Crippen LogP contribution in [0.3, 0.4) is 0 Å². The molecular formula is C18H17BrN4OS. The number of benzene rings is 2. The molecule has 7 heteroatoms. The number of ether oxygens (including phenoxy) is 1. The molecule has 25 heavy (non-hydrogen) atoms. The van der Waals surface area contributed by atoms with Crippen LogP contribution in [0.15, 0.2) is 58.8 Å². The Morgan fingerprint density at radius 3 is 2.56 bits per heavy atom. The lowest BCUT2D eigenvalue weighted by Gasteiger charge is -2.14. The number of methoxy groups -OCH3 is 1. The predicted molar refractivity (Wildman–Crippen MR) is 106 cm³/mol. The summed E-state index contributed by atoms with van der Waals surface area (Å²) >= 11 is 1.64. The van der Waals surface area contributed by atoms with Gasteiger partial charge in [-0.3, -0.25) is 0 Å². The van der Waals surface area contributed by atoms with Crippen molar-refractivity contribution in [1.29, 1.82) is 0 Å². The van der Waals surface area contributed by atoms with Gasteiger partial charge in [0.05, 0.1) is 18.4 Å². The predicted octanol–water partition coefficient (Wildman–Crippen LogP) is 4.20. The van der Waals surface area contributed by atoms with Gasteiger partial charge in [-0.15, -0.1) is 27.2 Å². The SMILES string of the molecule is Br.COc1ccccc1-c1nnc2n1N=C(c1ccc(C)cc1)CS2. The zero-order chi connectivity index (χ0) is 16.5. The molecule has 3 aromatic rings. The van der Waals surface area contributed by atoms with Crippen LogP contribution < -0.4 is 4.74 Å². The second-order valence-electron chi connectivity index (χ2n) is 5.52. The van der Waals surface area contributed by atoms with Crippen molar-refractivity contribution in [3.63, 3.8) is 0 Å². The van der Waals surface area contributed by atoms with Crippen molar-refractivity contribution in [1.82, 2.24) is 14.9 Å². The Bertz CT molecular complexity index is 921. The van der Waals surface area contributed by atoms with Crippen LogP contribution >= 0.6 is 28.7 Å². The summed E-state index contributed by atoms with van der Waals surface area (Å²) in [7, 11) is 1.65.